The topological polar surface area (TPSA) is 67.6 Å². The highest BCUT2D eigenvalue weighted by molar-refractivity contribution is 6.00. The number of carbonyl (C=O) groups excluding carboxylic acids is 1. The van der Waals surface area contributed by atoms with E-state index in [-0.39, 0.29) is 5.91 Å². The quantitative estimate of drug-likeness (QED) is 0.621. The van der Waals surface area contributed by atoms with Crippen LogP contribution in [0.15, 0.2) is 18.2 Å². The zero-order chi connectivity index (χ0) is 15.2. The maximum Gasteiger partial charge on any atom is 0.253 e. The lowest BCUT2D eigenvalue weighted by Gasteiger charge is -2.18. The van der Waals surface area contributed by atoms with Crippen LogP contribution in [0.2, 0.25) is 0 Å². The third-order valence-electron chi connectivity index (χ3n) is 3.79. The Hall–Kier alpha value is -1.75. The van der Waals surface area contributed by atoms with Crippen LogP contribution >= 0.6 is 0 Å². The third-order valence-corrected chi connectivity index (χ3v) is 3.79. The summed E-state index contributed by atoms with van der Waals surface area (Å²) in [5, 5.41) is 2.90. The number of hydrogen-bond donors (Lipinski definition) is 2. The molecule has 2 rings (SSSR count). The van der Waals surface area contributed by atoms with Gasteiger partial charge in [0.2, 0.25) is 0 Å². The van der Waals surface area contributed by atoms with Gasteiger partial charge >= 0.3 is 0 Å². The Morgan fingerprint density at radius 3 is 2.76 bits per heavy atom. The molecule has 1 aliphatic carbocycles. The van der Waals surface area contributed by atoms with Crippen LogP contribution in [0.25, 0.3) is 0 Å². The highest BCUT2D eigenvalue weighted by Gasteiger charge is 2.16. The van der Waals surface area contributed by atoms with E-state index in [0.717, 1.165) is 18.5 Å². The SMILES string of the molecule is CN(C)c1ccc(N)cc1C(=O)NCCOC1CCCC1. The van der Waals surface area contributed by atoms with Crippen LogP contribution in [0.3, 0.4) is 0 Å². The second-order valence-electron chi connectivity index (χ2n) is 5.70. The van der Waals surface area contributed by atoms with Gasteiger partial charge in [-0.15, -0.1) is 0 Å². The minimum Gasteiger partial charge on any atom is -0.399 e. The summed E-state index contributed by atoms with van der Waals surface area (Å²) in [6.07, 6.45) is 5.19. The highest BCUT2D eigenvalue weighted by Crippen LogP contribution is 2.22. The lowest BCUT2D eigenvalue weighted by atomic mass is 10.1. The molecule has 21 heavy (non-hydrogen) atoms. The van der Waals surface area contributed by atoms with E-state index in [1.54, 1.807) is 12.1 Å². The molecule has 0 bridgehead atoms. The average Bonchev–Trinajstić information content (AvgIpc) is 2.96. The van der Waals surface area contributed by atoms with Gasteiger partial charge in [-0.25, -0.2) is 0 Å². The second-order valence-corrected chi connectivity index (χ2v) is 5.70. The molecule has 1 aromatic rings. The van der Waals surface area contributed by atoms with E-state index in [4.69, 9.17) is 10.5 Å². The number of ether oxygens (including phenoxy) is 1. The minimum absolute atomic E-state index is 0.110. The third kappa shape index (κ3) is 4.36. The van der Waals surface area contributed by atoms with Crippen molar-refractivity contribution in [3.8, 4) is 0 Å². The number of amides is 1. The lowest BCUT2D eigenvalue weighted by Crippen LogP contribution is -2.29. The molecule has 0 spiro atoms. The fraction of sp³-hybridized carbons (Fsp3) is 0.562. The van der Waals surface area contributed by atoms with Crippen molar-refractivity contribution in [1.82, 2.24) is 5.32 Å². The maximum absolute atomic E-state index is 12.3. The first-order valence-corrected chi connectivity index (χ1v) is 7.54. The van der Waals surface area contributed by atoms with Crippen LogP contribution in [-0.2, 0) is 4.74 Å². The van der Waals surface area contributed by atoms with Crippen LogP contribution in [0.4, 0.5) is 11.4 Å². The van der Waals surface area contributed by atoms with E-state index < -0.39 is 0 Å². The lowest BCUT2D eigenvalue weighted by molar-refractivity contribution is 0.0582. The highest BCUT2D eigenvalue weighted by atomic mass is 16.5. The van der Waals surface area contributed by atoms with Crippen molar-refractivity contribution < 1.29 is 9.53 Å². The van der Waals surface area contributed by atoms with Gasteiger partial charge in [0.15, 0.2) is 0 Å². The summed E-state index contributed by atoms with van der Waals surface area (Å²) in [4.78, 5) is 14.2. The molecule has 0 saturated heterocycles. The van der Waals surface area contributed by atoms with Crippen molar-refractivity contribution in [2.24, 2.45) is 0 Å². The molecule has 1 aliphatic rings. The van der Waals surface area contributed by atoms with E-state index in [9.17, 15) is 4.79 Å². The standard InChI is InChI=1S/C16H25N3O2/c1-19(2)15-8-7-12(17)11-14(15)16(20)18-9-10-21-13-5-3-4-6-13/h7-8,11,13H,3-6,9-10,17H2,1-2H3,(H,18,20). The van der Waals surface area contributed by atoms with E-state index >= 15 is 0 Å². The first-order valence-electron chi connectivity index (χ1n) is 7.54. The van der Waals surface area contributed by atoms with Crippen molar-refractivity contribution >= 4 is 17.3 Å². The average molecular weight is 291 g/mol. The molecular weight excluding hydrogens is 266 g/mol. The van der Waals surface area contributed by atoms with Gasteiger partial charge in [0.25, 0.3) is 5.91 Å². The molecule has 5 nitrogen and oxygen atoms in total. The first-order chi connectivity index (χ1) is 10.1. The van der Waals surface area contributed by atoms with Crippen molar-refractivity contribution in [2.75, 3.05) is 37.9 Å². The van der Waals surface area contributed by atoms with Gasteiger partial charge in [-0.3, -0.25) is 4.79 Å². The molecule has 0 heterocycles. The minimum atomic E-state index is -0.110. The van der Waals surface area contributed by atoms with Gasteiger partial charge < -0.3 is 20.7 Å². The molecule has 0 atom stereocenters. The zero-order valence-corrected chi connectivity index (χ0v) is 12.9. The number of carbonyl (C=O) groups is 1. The Balaban J connectivity index is 1.86. The molecule has 0 unspecified atom stereocenters. The summed E-state index contributed by atoms with van der Waals surface area (Å²) in [6.45, 7) is 1.09. The smallest absolute Gasteiger partial charge is 0.253 e. The summed E-state index contributed by atoms with van der Waals surface area (Å²) in [7, 11) is 3.82. The Bertz CT molecular complexity index is 482. The number of nitrogens with zero attached hydrogens (tertiary/aromatic N) is 1. The Kier molecular flexibility index (Phi) is 5.44. The van der Waals surface area contributed by atoms with E-state index in [1.807, 2.05) is 25.1 Å². The van der Waals surface area contributed by atoms with Gasteiger partial charge in [-0.1, -0.05) is 12.8 Å². The summed E-state index contributed by atoms with van der Waals surface area (Å²) >= 11 is 0. The van der Waals surface area contributed by atoms with Crippen LogP contribution in [0, 0.1) is 0 Å². The Morgan fingerprint density at radius 2 is 2.10 bits per heavy atom. The van der Waals surface area contributed by atoms with Crippen LogP contribution < -0.4 is 16.0 Å². The molecule has 0 aromatic heterocycles. The summed E-state index contributed by atoms with van der Waals surface area (Å²) in [5.74, 6) is -0.110. The summed E-state index contributed by atoms with van der Waals surface area (Å²) in [5.41, 5.74) is 7.83. The Labute approximate surface area is 126 Å². The normalized spacial score (nSPS) is 15.1. The molecule has 0 aliphatic heterocycles. The summed E-state index contributed by atoms with van der Waals surface area (Å²) in [6, 6.07) is 5.37. The Morgan fingerprint density at radius 1 is 1.38 bits per heavy atom. The molecule has 1 amide bonds. The van der Waals surface area contributed by atoms with Crippen LogP contribution in [0.1, 0.15) is 36.0 Å². The number of rotatable bonds is 6. The molecular formula is C16H25N3O2. The number of nitrogens with two attached hydrogens (primary N) is 1. The van der Waals surface area contributed by atoms with Crippen molar-refractivity contribution in [3.05, 3.63) is 23.8 Å². The summed E-state index contributed by atoms with van der Waals surface area (Å²) < 4.78 is 5.74. The van der Waals surface area contributed by atoms with Gasteiger partial charge in [0.05, 0.1) is 18.3 Å². The van der Waals surface area contributed by atoms with Gasteiger partial charge in [0.1, 0.15) is 0 Å². The second kappa shape index (κ2) is 7.31. The molecule has 3 N–H and O–H groups in total. The van der Waals surface area contributed by atoms with Gasteiger partial charge in [-0.2, -0.15) is 0 Å². The molecule has 1 saturated carbocycles. The number of benzene rings is 1. The number of nitrogens with one attached hydrogen (secondary N) is 1. The predicted molar refractivity (Wildman–Crippen MR) is 85.7 cm³/mol. The molecule has 0 radical (unpaired) electrons. The van der Waals surface area contributed by atoms with E-state index in [1.165, 1.54) is 12.8 Å². The predicted octanol–water partition coefficient (Wildman–Crippen LogP) is 2.02. The van der Waals surface area contributed by atoms with Gasteiger partial charge in [0, 0.05) is 32.0 Å². The molecule has 5 heteroatoms. The van der Waals surface area contributed by atoms with Crippen molar-refractivity contribution in [2.45, 2.75) is 31.8 Å². The monoisotopic (exact) mass is 291 g/mol. The number of anilines is 2. The van der Waals surface area contributed by atoms with E-state index in [2.05, 4.69) is 5.32 Å². The van der Waals surface area contributed by atoms with Crippen molar-refractivity contribution in [1.29, 1.82) is 0 Å². The van der Waals surface area contributed by atoms with Gasteiger partial charge in [-0.05, 0) is 31.0 Å². The van der Waals surface area contributed by atoms with Crippen LogP contribution in [0.5, 0.6) is 0 Å². The van der Waals surface area contributed by atoms with E-state index in [0.29, 0.717) is 30.5 Å². The number of nitrogen functional groups attached to an aromatic ring is 1. The fourth-order valence-electron chi connectivity index (χ4n) is 2.67. The van der Waals surface area contributed by atoms with Crippen LogP contribution in [-0.4, -0.2) is 39.3 Å². The fourth-order valence-corrected chi connectivity index (χ4v) is 2.67. The van der Waals surface area contributed by atoms with Crippen molar-refractivity contribution in [3.63, 3.8) is 0 Å². The first kappa shape index (κ1) is 15.6. The molecule has 1 fully saturated rings. The zero-order valence-electron chi connectivity index (χ0n) is 12.9. The number of hydrogen-bond acceptors (Lipinski definition) is 4. The molecule has 116 valence electrons. The largest absolute Gasteiger partial charge is 0.399 e. The molecule has 1 aromatic carbocycles. The maximum atomic E-state index is 12.3.